The Kier molecular flexibility index (Phi) is 5.07. The zero-order valence-corrected chi connectivity index (χ0v) is 15.7. The maximum Gasteiger partial charge on any atom is 0.256 e. The Morgan fingerprint density at radius 1 is 1.00 bits per heavy atom. The summed E-state index contributed by atoms with van der Waals surface area (Å²) >= 11 is 1.70. The number of carbonyl (C=O) groups excluding carboxylic acids is 2. The number of anilines is 1. The smallest absolute Gasteiger partial charge is 0.256 e. The summed E-state index contributed by atoms with van der Waals surface area (Å²) in [7, 11) is 0. The summed E-state index contributed by atoms with van der Waals surface area (Å²) in [6.45, 7) is 1.66. The van der Waals surface area contributed by atoms with Crippen molar-refractivity contribution in [2.24, 2.45) is 0 Å². The number of amides is 2. The van der Waals surface area contributed by atoms with E-state index in [1.54, 1.807) is 17.4 Å². The third kappa shape index (κ3) is 3.54. The molecule has 2 heterocycles. The molecule has 5 heteroatoms. The molecule has 1 fully saturated rings. The predicted molar refractivity (Wildman–Crippen MR) is 105 cm³/mol. The van der Waals surface area contributed by atoms with Crippen molar-refractivity contribution in [1.82, 2.24) is 4.90 Å². The zero-order chi connectivity index (χ0) is 17.9. The molecule has 4 rings (SSSR count). The van der Waals surface area contributed by atoms with Gasteiger partial charge in [-0.15, -0.1) is 11.3 Å². The van der Waals surface area contributed by atoms with E-state index in [-0.39, 0.29) is 11.8 Å². The Hall–Kier alpha value is -2.14. The number of fused-ring (bicyclic) bond motifs is 1. The van der Waals surface area contributed by atoms with Crippen molar-refractivity contribution >= 4 is 28.8 Å². The van der Waals surface area contributed by atoms with Gasteiger partial charge in [-0.2, -0.15) is 0 Å². The van der Waals surface area contributed by atoms with Crippen LogP contribution in [0.25, 0.3) is 0 Å². The van der Waals surface area contributed by atoms with E-state index in [0.29, 0.717) is 11.3 Å². The number of rotatable bonds is 3. The van der Waals surface area contributed by atoms with Crippen LogP contribution in [0, 0.1) is 0 Å². The van der Waals surface area contributed by atoms with E-state index >= 15 is 0 Å². The van der Waals surface area contributed by atoms with Crippen molar-refractivity contribution in [3.8, 4) is 0 Å². The van der Waals surface area contributed by atoms with Gasteiger partial charge in [0.05, 0.1) is 5.56 Å². The van der Waals surface area contributed by atoms with Gasteiger partial charge in [0.25, 0.3) is 11.8 Å². The number of thiophene rings is 1. The van der Waals surface area contributed by atoms with Crippen molar-refractivity contribution in [2.45, 2.75) is 44.9 Å². The third-order valence-corrected chi connectivity index (χ3v) is 6.41. The first-order valence-electron chi connectivity index (χ1n) is 9.52. The minimum absolute atomic E-state index is 0.0630. The van der Waals surface area contributed by atoms with Gasteiger partial charge in [-0.25, -0.2) is 0 Å². The monoisotopic (exact) mass is 368 g/mol. The molecule has 0 saturated carbocycles. The number of carbonyl (C=O) groups is 2. The molecule has 1 aliphatic carbocycles. The Morgan fingerprint density at radius 2 is 1.81 bits per heavy atom. The van der Waals surface area contributed by atoms with Gasteiger partial charge in [0, 0.05) is 34.6 Å². The summed E-state index contributed by atoms with van der Waals surface area (Å²) in [5, 5.41) is 4.97. The van der Waals surface area contributed by atoms with Gasteiger partial charge >= 0.3 is 0 Å². The van der Waals surface area contributed by atoms with E-state index in [9.17, 15) is 9.59 Å². The molecule has 136 valence electrons. The van der Waals surface area contributed by atoms with Gasteiger partial charge in [0.1, 0.15) is 0 Å². The van der Waals surface area contributed by atoms with Crippen molar-refractivity contribution in [3.05, 3.63) is 51.2 Å². The molecular formula is C21H24N2O2S. The summed E-state index contributed by atoms with van der Waals surface area (Å²) < 4.78 is 0. The first-order chi connectivity index (χ1) is 12.7. The Balaban J connectivity index is 1.49. The molecule has 0 radical (unpaired) electrons. The topological polar surface area (TPSA) is 49.4 Å². The summed E-state index contributed by atoms with van der Waals surface area (Å²) in [6.07, 6.45) is 7.81. The second kappa shape index (κ2) is 7.62. The van der Waals surface area contributed by atoms with Crippen LogP contribution in [0.1, 0.15) is 63.3 Å². The molecule has 2 aromatic rings. The van der Waals surface area contributed by atoms with Gasteiger partial charge in [0.2, 0.25) is 0 Å². The van der Waals surface area contributed by atoms with Crippen LogP contribution in [-0.4, -0.2) is 29.8 Å². The maximum atomic E-state index is 12.7. The lowest BCUT2D eigenvalue weighted by molar-refractivity contribution is 0.0724. The minimum atomic E-state index is -0.0630. The Morgan fingerprint density at radius 3 is 2.65 bits per heavy atom. The lowest BCUT2D eigenvalue weighted by Crippen LogP contribution is -2.35. The number of aryl methyl sites for hydroxylation is 1. The van der Waals surface area contributed by atoms with E-state index in [2.05, 4.69) is 5.32 Å². The van der Waals surface area contributed by atoms with Crippen LogP contribution < -0.4 is 5.32 Å². The number of piperidine rings is 1. The molecule has 4 nitrogen and oxygen atoms in total. The molecule has 1 saturated heterocycles. The van der Waals surface area contributed by atoms with Gasteiger partial charge in [0.15, 0.2) is 0 Å². The highest BCUT2D eigenvalue weighted by Crippen LogP contribution is 2.30. The molecule has 0 atom stereocenters. The Bertz CT molecular complexity index is 821. The fourth-order valence-electron chi connectivity index (χ4n) is 3.89. The molecule has 0 unspecified atom stereocenters. The van der Waals surface area contributed by atoms with Crippen LogP contribution in [0.4, 0.5) is 5.69 Å². The van der Waals surface area contributed by atoms with Gasteiger partial charge in [-0.3, -0.25) is 9.59 Å². The largest absolute Gasteiger partial charge is 0.339 e. The van der Waals surface area contributed by atoms with Crippen LogP contribution in [0.2, 0.25) is 0 Å². The van der Waals surface area contributed by atoms with Gasteiger partial charge < -0.3 is 10.2 Å². The number of hydrogen-bond acceptors (Lipinski definition) is 3. The second-order valence-corrected chi connectivity index (χ2v) is 8.11. The first-order valence-corrected chi connectivity index (χ1v) is 10.4. The van der Waals surface area contributed by atoms with Crippen LogP contribution in [0.3, 0.4) is 0 Å². The van der Waals surface area contributed by atoms with Crippen molar-refractivity contribution < 1.29 is 9.59 Å². The van der Waals surface area contributed by atoms with E-state index in [1.807, 2.05) is 28.5 Å². The first kappa shape index (κ1) is 17.3. The molecule has 26 heavy (non-hydrogen) atoms. The van der Waals surface area contributed by atoms with Gasteiger partial charge in [-0.05, 0) is 68.7 Å². The highest BCUT2D eigenvalue weighted by Gasteiger charge is 2.21. The van der Waals surface area contributed by atoms with Crippen LogP contribution in [0.15, 0.2) is 29.6 Å². The predicted octanol–water partition coefficient (Wildman–Crippen LogP) is 4.51. The second-order valence-electron chi connectivity index (χ2n) is 7.15. The standard InChI is InChI=1S/C21H24N2O2S/c24-20(18-14-26-19-10-3-2-9-17(18)19)22-16-8-6-7-15(13-16)21(25)23-11-4-1-5-12-23/h6-8,13-14H,1-5,9-12H2,(H,22,24). The van der Waals surface area contributed by atoms with Crippen molar-refractivity contribution in [1.29, 1.82) is 0 Å². The molecule has 0 bridgehead atoms. The van der Waals surface area contributed by atoms with Crippen LogP contribution >= 0.6 is 11.3 Å². The van der Waals surface area contributed by atoms with E-state index in [0.717, 1.165) is 50.8 Å². The third-order valence-electron chi connectivity index (χ3n) is 5.32. The van der Waals surface area contributed by atoms with E-state index in [4.69, 9.17) is 0 Å². The maximum absolute atomic E-state index is 12.7. The average Bonchev–Trinajstić information content (AvgIpc) is 3.12. The molecular weight excluding hydrogens is 344 g/mol. The van der Waals surface area contributed by atoms with Gasteiger partial charge in [-0.1, -0.05) is 6.07 Å². The number of nitrogens with one attached hydrogen (secondary N) is 1. The number of hydrogen-bond donors (Lipinski definition) is 1. The highest BCUT2D eigenvalue weighted by molar-refractivity contribution is 7.10. The summed E-state index contributed by atoms with van der Waals surface area (Å²) in [5.41, 5.74) is 3.36. The average molecular weight is 369 g/mol. The number of likely N-dealkylation sites (tertiary alicyclic amines) is 1. The molecule has 2 aliphatic rings. The van der Waals surface area contributed by atoms with Crippen LogP contribution in [0.5, 0.6) is 0 Å². The minimum Gasteiger partial charge on any atom is -0.339 e. The summed E-state index contributed by atoms with van der Waals surface area (Å²) in [6, 6.07) is 7.33. The quantitative estimate of drug-likeness (QED) is 0.867. The number of nitrogens with zero attached hydrogens (tertiary/aromatic N) is 1. The Labute approximate surface area is 158 Å². The molecule has 1 aromatic carbocycles. The lowest BCUT2D eigenvalue weighted by atomic mass is 9.95. The molecule has 1 N–H and O–H groups in total. The molecule has 2 amide bonds. The zero-order valence-electron chi connectivity index (χ0n) is 14.9. The van der Waals surface area contributed by atoms with Crippen molar-refractivity contribution in [3.63, 3.8) is 0 Å². The van der Waals surface area contributed by atoms with E-state index < -0.39 is 0 Å². The molecule has 1 aliphatic heterocycles. The summed E-state index contributed by atoms with van der Waals surface area (Å²) in [5.74, 6) is 0.000632. The van der Waals surface area contributed by atoms with Crippen molar-refractivity contribution in [2.75, 3.05) is 18.4 Å². The fraction of sp³-hybridized carbons (Fsp3) is 0.429. The number of benzene rings is 1. The lowest BCUT2D eigenvalue weighted by Gasteiger charge is -2.26. The highest BCUT2D eigenvalue weighted by atomic mass is 32.1. The van der Waals surface area contributed by atoms with E-state index in [1.165, 1.54) is 23.3 Å². The fourth-order valence-corrected chi connectivity index (χ4v) is 5.02. The molecule has 1 aromatic heterocycles. The summed E-state index contributed by atoms with van der Waals surface area (Å²) in [4.78, 5) is 28.7. The van der Waals surface area contributed by atoms with Crippen LogP contribution in [-0.2, 0) is 12.8 Å². The SMILES string of the molecule is O=C(Nc1cccc(C(=O)N2CCCCC2)c1)c1csc2c1CCCC2. The molecule has 0 spiro atoms. The normalized spacial score (nSPS) is 16.8.